The zero-order valence-electron chi connectivity index (χ0n) is 23.1. The van der Waals surface area contributed by atoms with Crippen LogP contribution in [-0.2, 0) is 16.1 Å². The summed E-state index contributed by atoms with van der Waals surface area (Å²) in [4.78, 5) is 33.5. The van der Waals surface area contributed by atoms with E-state index in [0.29, 0.717) is 30.2 Å². The van der Waals surface area contributed by atoms with Gasteiger partial charge in [-0.2, -0.15) is 0 Å². The van der Waals surface area contributed by atoms with E-state index >= 15 is 0 Å². The molecular weight excluding hydrogens is 510 g/mol. The molecule has 3 heterocycles. The minimum absolute atomic E-state index is 0. The van der Waals surface area contributed by atoms with E-state index < -0.39 is 0 Å². The Labute approximate surface area is 239 Å². The lowest BCUT2D eigenvalue weighted by Crippen LogP contribution is -2.46. The van der Waals surface area contributed by atoms with Crippen LogP contribution in [-0.4, -0.2) is 72.9 Å². The van der Waals surface area contributed by atoms with Gasteiger partial charge >= 0.3 is 0 Å². The molecule has 3 saturated heterocycles. The SMILES string of the molecule is COc1ccc(CN2CCC3(CCN(CC4CN(C(=O)C5CCC5)CC4c4ccccc4)CC3)C2=O)cc1.Cl. The Morgan fingerprint density at radius 3 is 2.28 bits per heavy atom. The number of halogens is 1. The van der Waals surface area contributed by atoms with Crippen molar-refractivity contribution < 1.29 is 14.3 Å². The highest BCUT2D eigenvalue weighted by Gasteiger charge is 2.48. The molecule has 1 spiro atoms. The highest BCUT2D eigenvalue weighted by Crippen LogP contribution is 2.43. The summed E-state index contributed by atoms with van der Waals surface area (Å²) in [5.74, 6) is 2.66. The third-order valence-corrected chi connectivity index (χ3v) is 9.87. The van der Waals surface area contributed by atoms with Crippen LogP contribution in [0.5, 0.6) is 5.75 Å². The Morgan fingerprint density at radius 1 is 0.949 bits per heavy atom. The summed E-state index contributed by atoms with van der Waals surface area (Å²) < 4.78 is 5.27. The van der Waals surface area contributed by atoms with Gasteiger partial charge in [0.1, 0.15) is 5.75 Å². The molecular formula is C32H42ClN3O3. The molecule has 2 atom stereocenters. The summed E-state index contributed by atoms with van der Waals surface area (Å²) in [5, 5.41) is 0. The summed E-state index contributed by atoms with van der Waals surface area (Å²) in [7, 11) is 1.68. The largest absolute Gasteiger partial charge is 0.497 e. The van der Waals surface area contributed by atoms with E-state index in [4.69, 9.17) is 4.74 Å². The molecule has 0 N–H and O–H groups in total. The lowest BCUT2D eigenvalue weighted by molar-refractivity contribution is -0.139. The van der Waals surface area contributed by atoms with Gasteiger partial charge in [-0.25, -0.2) is 0 Å². The number of likely N-dealkylation sites (tertiary alicyclic amines) is 3. The van der Waals surface area contributed by atoms with E-state index in [1.165, 1.54) is 12.0 Å². The number of methoxy groups -OCH3 is 1. The van der Waals surface area contributed by atoms with E-state index in [0.717, 1.165) is 82.7 Å². The standard InChI is InChI=1S/C32H41N3O3.ClH/c1-38-28-12-10-24(11-13-28)20-34-19-16-32(31(34)37)14-17-33(18-15-32)21-27-22-35(30(36)26-8-5-9-26)23-29(27)25-6-3-2-4-7-25;/h2-4,6-7,10-13,26-27,29H,5,8-9,14-23H2,1H3;1H. The number of nitrogens with zero attached hydrogens (tertiary/aromatic N) is 3. The summed E-state index contributed by atoms with van der Waals surface area (Å²) in [5.41, 5.74) is 2.32. The van der Waals surface area contributed by atoms with Crippen molar-refractivity contribution in [3.05, 3.63) is 65.7 Å². The predicted molar refractivity (Wildman–Crippen MR) is 155 cm³/mol. The van der Waals surface area contributed by atoms with Gasteiger partial charge in [0.25, 0.3) is 0 Å². The molecule has 2 unspecified atom stereocenters. The first-order valence-electron chi connectivity index (χ1n) is 14.5. The van der Waals surface area contributed by atoms with Gasteiger partial charge in [0.2, 0.25) is 11.8 Å². The summed E-state index contributed by atoms with van der Waals surface area (Å²) >= 11 is 0. The van der Waals surface area contributed by atoms with Gasteiger partial charge in [-0.05, 0) is 74.4 Å². The predicted octanol–water partition coefficient (Wildman–Crippen LogP) is 4.97. The smallest absolute Gasteiger partial charge is 0.229 e. The maximum absolute atomic E-state index is 13.6. The number of carbonyl (C=O) groups excluding carboxylic acids is 2. The van der Waals surface area contributed by atoms with Crippen molar-refractivity contribution in [3.8, 4) is 5.75 Å². The molecule has 4 aliphatic rings. The van der Waals surface area contributed by atoms with Gasteiger partial charge in [-0.1, -0.05) is 48.9 Å². The van der Waals surface area contributed by atoms with E-state index in [-0.39, 0.29) is 23.7 Å². The lowest BCUT2D eigenvalue weighted by atomic mass is 9.76. The Morgan fingerprint density at radius 2 is 1.64 bits per heavy atom. The van der Waals surface area contributed by atoms with Crippen LogP contribution in [0.25, 0.3) is 0 Å². The number of rotatable bonds is 7. The topological polar surface area (TPSA) is 53.1 Å². The molecule has 2 amide bonds. The number of benzene rings is 2. The van der Waals surface area contributed by atoms with Gasteiger partial charge in [0.05, 0.1) is 12.5 Å². The average Bonchev–Trinajstić information content (AvgIpc) is 3.47. The number of carbonyl (C=O) groups is 2. The molecule has 0 aromatic heterocycles. The Bertz CT molecular complexity index is 1130. The highest BCUT2D eigenvalue weighted by molar-refractivity contribution is 5.85. The van der Waals surface area contributed by atoms with Gasteiger partial charge in [0, 0.05) is 44.6 Å². The molecule has 210 valence electrons. The Balaban J connectivity index is 0.00000308. The fourth-order valence-corrected chi connectivity index (χ4v) is 7.18. The minimum atomic E-state index is -0.191. The summed E-state index contributed by atoms with van der Waals surface area (Å²) in [6.07, 6.45) is 6.18. The molecule has 7 heteroatoms. The number of hydrogen-bond acceptors (Lipinski definition) is 4. The van der Waals surface area contributed by atoms with Crippen LogP contribution in [0.15, 0.2) is 54.6 Å². The Hall–Kier alpha value is -2.57. The van der Waals surface area contributed by atoms with E-state index in [1.54, 1.807) is 7.11 Å². The first kappa shape index (κ1) is 28.0. The van der Waals surface area contributed by atoms with Crippen molar-refractivity contribution in [3.63, 3.8) is 0 Å². The molecule has 2 aromatic rings. The number of hydrogen-bond donors (Lipinski definition) is 0. The molecule has 0 bridgehead atoms. The molecule has 39 heavy (non-hydrogen) atoms. The molecule has 4 fully saturated rings. The number of piperidine rings is 1. The fourth-order valence-electron chi connectivity index (χ4n) is 7.18. The Kier molecular flexibility index (Phi) is 8.53. The summed E-state index contributed by atoms with van der Waals surface area (Å²) in [6, 6.07) is 18.8. The molecule has 3 aliphatic heterocycles. The van der Waals surface area contributed by atoms with Crippen LogP contribution in [0.4, 0.5) is 0 Å². The first-order valence-corrected chi connectivity index (χ1v) is 14.5. The maximum atomic E-state index is 13.6. The average molecular weight is 552 g/mol. The minimum Gasteiger partial charge on any atom is -0.497 e. The number of ether oxygens (including phenoxy) is 1. The zero-order chi connectivity index (χ0) is 26.1. The van der Waals surface area contributed by atoms with Crippen LogP contribution >= 0.6 is 12.4 Å². The van der Waals surface area contributed by atoms with Gasteiger partial charge in [0.15, 0.2) is 0 Å². The van der Waals surface area contributed by atoms with E-state index in [9.17, 15) is 9.59 Å². The van der Waals surface area contributed by atoms with Crippen molar-refractivity contribution in [2.24, 2.45) is 17.3 Å². The molecule has 1 aliphatic carbocycles. The second-order valence-electron chi connectivity index (χ2n) is 12.1. The monoisotopic (exact) mass is 551 g/mol. The molecule has 1 saturated carbocycles. The highest BCUT2D eigenvalue weighted by atomic mass is 35.5. The van der Waals surface area contributed by atoms with Crippen LogP contribution in [0.2, 0.25) is 0 Å². The van der Waals surface area contributed by atoms with Gasteiger partial charge in [-0.15, -0.1) is 12.4 Å². The maximum Gasteiger partial charge on any atom is 0.229 e. The van der Waals surface area contributed by atoms with Crippen molar-refractivity contribution >= 4 is 24.2 Å². The molecule has 6 rings (SSSR count). The van der Waals surface area contributed by atoms with Crippen LogP contribution < -0.4 is 4.74 Å². The van der Waals surface area contributed by atoms with Crippen molar-refractivity contribution in [2.45, 2.75) is 51.0 Å². The van der Waals surface area contributed by atoms with Gasteiger partial charge in [-0.3, -0.25) is 9.59 Å². The summed E-state index contributed by atoms with van der Waals surface area (Å²) in [6.45, 7) is 6.19. The number of amides is 2. The third-order valence-electron chi connectivity index (χ3n) is 9.87. The van der Waals surface area contributed by atoms with Gasteiger partial charge < -0.3 is 19.4 Å². The van der Waals surface area contributed by atoms with Crippen molar-refractivity contribution in [2.75, 3.05) is 46.4 Å². The third kappa shape index (κ3) is 5.69. The molecule has 2 aromatic carbocycles. The van der Waals surface area contributed by atoms with E-state index in [2.05, 4.69) is 57.2 Å². The molecule has 0 radical (unpaired) electrons. The molecule has 6 nitrogen and oxygen atoms in total. The quantitative estimate of drug-likeness (QED) is 0.487. The second-order valence-corrected chi connectivity index (χ2v) is 12.1. The zero-order valence-corrected chi connectivity index (χ0v) is 23.9. The lowest BCUT2D eigenvalue weighted by Gasteiger charge is -2.39. The van der Waals surface area contributed by atoms with Crippen molar-refractivity contribution in [1.82, 2.24) is 14.7 Å². The normalized spacial score (nSPS) is 25.0. The van der Waals surface area contributed by atoms with Crippen LogP contribution in [0, 0.1) is 17.3 Å². The van der Waals surface area contributed by atoms with Crippen LogP contribution in [0.3, 0.4) is 0 Å². The first-order chi connectivity index (χ1) is 18.5. The van der Waals surface area contributed by atoms with Crippen molar-refractivity contribution in [1.29, 1.82) is 0 Å². The van der Waals surface area contributed by atoms with E-state index in [1.807, 2.05) is 12.1 Å². The second kappa shape index (κ2) is 11.9. The van der Waals surface area contributed by atoms with Crippen LogP contribution in [0.1, 0.15) is 55.6 Å². The fraction of sp³-hybridized carbons (Fsp3) is 0.562.